The van der Waals surface area contributed by atoms with Crippen LogP contribution in [0.3, 0.4) is 0 Å². The van der Waals surface area contributed by atoms with Crippen molar-refractivity contribution in [3.63, 3.8) is 0 Å². The third-order valence-corrected chi connectivity index (χ3v) is 5.44. The van der Waals surface area contributed by atoms with Crippen LogP contribution in [0.5, 0.6) is 0 Å². The highest BCUT2D eigenvalue weighted by atomic mass is 16.5. The fourth-order valence-electron chi connectivity index (χ4n) is 3.26. The van der Waals surface area contributed by atoms with Crippen LogP contribution in [0.1, 0.15) is 91.4 Å². The van der Waals surface area contributed by atoms with Crippen molar-refractivity contribution in [2.75, 3.05) is 47.4 Å². The zero-order valence-electron chi connectivity index (χ0n) is 20.5. The summed E-state index contributed by atoms with van der Waals surface area (Å²) in [7, 11) is 6.47. The molecule has 0 aromatic carbocycles. The van der Waals surface area contributed by atoms with Crippen molar-refractivity contribution in [3.05, 3.63) is 11.6 Å². The van der Waals surface area contributed by atoms with Crippen LogP contribution >= 0.6 is 0 Å². The predicted molar refractivity (Wildman–Crippen MR) is 126 cm³/mol. The molecule has 4 heteroatoms. The molecule has 0 spiro atoms. The van der Waals surface area contributed by atoms with E-state index < -0.39 is 0 Å². The van der Waals surface area contributed by atoms with Gasteiger partial charge in [0.15, 0.2) is 0 Å². The lowest BCUT2D eigenvalue weighted by atomic mass is 10.0. The summed E-state index contributed by atoms with van der Waals surface area (Å²) in [6.07, 6.45) is 14.7. The molecule has 29 heavy (non-hydrogen) atoms. The van der Waals surface area contributed by atoms with Crippen LogP contribution < -0.4 is 0 Å². The molecule has 1 unspecified atom stereocenters. The smallest absolute Gasteiger partial charge is 0.305 e. The molecule has 0 aromatic rings. The normalized spacial score (nSPS) is 12.4. The number of rotatable bonds is 19. The molecule has 0 aliphatic rings. The first-order valence-electron chi connectivity index (χ1n) is 11.9. The van der Waals surface area contributed by atoms with E-state index in [2.05, 4.69) is 57.8 Å². The summed E-state index contributed by atoms with van der Waals surface area (Å²) in [4.78, 5) is 16.5. The third kappa shape index (κ3) is 21.7. The highest BCUT2D eigenvalue weighted by Crippen LogP contribution is 2.13. The Hall–Kier alpha value is -0.870. The van der Waals surface area contributed by atoms with Gasteiger partial charge in [0.25, 0.3) is 0 Å². The first-order chi connectivity index (χ1) is 13.8. The minimum absolute atomic E-state index is 0.0118. The molecule has 0 aromatic heterocycles. The Bertz CT molecular complexity index is 417. The van der Waals surface area contributed by atoms with Crippen molar-refractivity contribution in [2.24, 2.45) is 5.92 Å². The van der Waals surface area contributed by atoms with Gasteiger partial charge in [-0.1, -0.05) is 50.7 Å². The van der Waals surface area contributed by atoms with Crippen molar-refractivity contribution < 1.29 is 9.53 Å². The lowest BCUT2D eigenvalue weighted by Gasteiger charge is -2.19. The van der Waals surface area contributed by atoms with Gasteiger partial charge < -0.3 is 14.5 Å². The minimum Gasteiger partial charge on any atom is -0.466 e. The second-order valence-electron chi connectivity index (χ2n) is 9.30. The van der Waals surface area contributed by atoms with Crippen LogP contribution in [0.2, 0.25) is 0 Å². The number of likely N-dealkylation sites (N-methyl/N-ethyl adjacent to an activating group) is 2. The number of hydrogen-bond acceptors (Lipinski definition) is 4. The summed E-state index contributed by atoms with van der Waals surface area (Å²) in [5.74, 6) is 0.605. The predicted octanol–water partition coefficient (Wildman–Crippen LogP) is 5.92. The molecular weight excluding hydrogens is 360 g/mol. The Kier molecular flexibility index (Phi) is 18.5. The lowest BCUT2D eigenvalue weighted by Crippen LogP contribution is -2.29. The average Bonchev–Trinajstić information content (AvgIpc) is 2.64. The number of allylic oxidation sites excluding steroid dienone is 2. The van der Waals surface area contributed by atoms with Gasteiger partial charge in [0.1, 0.15) is 0 Å². The highest BCUT2D eigenvalue weighted by Gasteiger charge is 2.06. The monoisotopic (exact) mass is 410 g/mol. The molecule has 172 valence electrons. The van der Waals surface area contributed by atoms with Crippen LogP contribution in [-0.2, 0) is 9.53 Å². The van der Waals surface area contributed by atoms with Crippen molar-refractivity contribution in [2.45, 2.75) is 91.4 Å². The summed E-state index contributed by atoms with van der Waals surface area (Å²) < 4.78 is 5.39. The topological polar surface area (TPSA) is 32.8 Å². The molecule has 0 bridgehead atoms. The quantitative estimate of drug-likeness (QED) is 0.150. The Labute approximate surface area is 182 Å². The van der Waals surface area contributed by atoms with Crippen LogP contribution in [-0.4, -0.2) is 63.2 Å². The van der Waals surface area contributed by atoms with Crippen molar-refractivity contribution >= 4 is 5.97 Å². The van der Waals surface area contributed by atoms with Crippen LogP contribution in [0, 0.1) is 5.92 Å². The number of esters is 1. The average molecular weight is 411 g/mol. The van der Waals surface area contributed by atoms with Gasteiger partial charge in [0, 0.05) is 19.5 Å². The molecule has 1 atom stereocenters. The Morgan fingerprint density at radius 1 is 0.862 bits per heavy atom. The molecule has 0 rings (SSSR count). The molecule has 0 amide bonds. The first-order valence-corrected chi connectivity index (χ1v) is 11.9. The van der Waals surface area contributed by atoms with Crippen LogP contribution in [0.4, 0.5) is 0 Å². The standard InChI is InChI=1S/C25H50N2O2/c1-23(2)15-14-16-24(3)18-22-29-25(28)17-12-10-8-7-9-11-13-19-27(6)21-20-26(4)5/h15,24H,7-14,16-22H2,1-6H3. The van der Waals surface area contributed by atoms with E-state index in [1.54, 1.807) is 0 Å². The number of carbonyl (C=O) groups is 1. The SMILES string of the molecule is CC(C)=CCCC(C)CCOC(=O)CCCCCCCCCN(C)CCN(C)C. The fourth-order valence-corrected chi connectivity index (χ4v) is 3.26. The van der Waals surface area contributed by atoms with Crippen molar-refractivity contribution in [1.82, 2.24) is 9.80 Å². The van der Waals surface area contributed by atoms with E-state index in [4.69, 9.17) is 4.74 Å². The number of carbonyl (C=O) groups excluding carboxylic acids is 1. The maximum absolute atomic E-state index is 11.8. The zero-order valence-corrected chi connectivity index (χ0v) is 20.5. The fraction of sp³-hybridized carbons (Fsp3) is 0.880. The van der Waals surface area contributed by atoms with E-state index in [0.29, 0.717) is 18.9 Å². The van der Waals surface area contributed by atoms with E-state index in [9.17, 15) is 4.79 Å². The van der Waals surface area contributed by atoms with Gasteiger partial charge >= 0.3 is 5.97 Å². The molecule has 0 aliphatic carbocycles. The van der Waals surface area contributed by atoms with Gasteiger partial charge in [-0.25, -0.2) is 0 Å². The van der Waals surface area contributed by atoms with Gasteiger partial charge in [-0.05, 0) is 79.6 Å². The Morgan fingerprint density at radius 3 is 2.10 bits per heavy atom. The first kappa shape index (κ1) is 28.1. The summed E-state index contributed by atoms with van der Waals surface area (Å²) in [6.45, 7) is 10.6. The van der Waals surface area contributed by atoms with Gasteiger partial charge in [-0.2, -0.15) is 0 Å². The molecule has 0 saturated heterocycles. The molecule has 0 radical (unpaired) electrons. The number of unbranched alkanes of at least 4 members (excludes halogenated alkanes) is 6. The van der Waals surface area contributed by atoms with Gasteiger partial charge in [0.2, 0.25) is 0 Å². The second kappa shape index (κ2) is 19.1. The van der Waals surface area contributed by atoms with E-state index in [-0.39, 0.29) is 5.97 Å². The molecule has 4 nitrogen and oxygen atoms in total. The summed E-state index contributed by atoms with van der Waals surface area (Å²) in [5.41, 5.74) is 1.38. The van der Waals surface area contributed by atoms with Gasteiger partial charge in [-0.15, -0.1) is 0 Å². The molecule has 0 saturated carbocycles. The Balaban J connectivity index is 3.40. The molecule has 0 aliphatic heterocycles. The largest absolute Gasteiger partial charge is 0.466 e. The maximum atomic E-state index is 11.8. The summed E-state index contributed by atoms with van der Waals surface area (Å²) in [5, 5.41) is 0. The van der Waals surface area contributed by atoms with E-state index >= 15 is 0 Å². The number of ether oxygens (including phenoxy) is 1. The van der Waals surface area contributed by atoms with Crippen LogP contribution in [0.25, 0.3) is 0 Å². The van der Waals surface area contributed by atoms with Crippen molar-refractivity contribution in [1.29, 1.82) is 0 Å². The van der Waals surface area contributed by atoms with Crippen molar-refractivity contribution in [3.8, 4) is 0 Å². The second-order valence-corrected chi connectivity index (χ2v) is 9.30. The van der Waals surface area contributed by atoms with E-state index in [0.717, 1.165) is 38.8 Å². The Morgan fingerprint density at radius 2 is 1.48 bits per heavy atom. The number of nitrogens with zero attached hydrogens (tertiary/aromatic N) is 2. The number of hydrogen-bond donors (Lipinski definition) is 0. The van der Waals surface area contributed by atoms with Gasteiger partial charge in [0.05, 0.1) is 6.61 Å². The highest BCUT2D eigenvalue weighted by molar-refractivity contribution is 5.69. The maximum Gasteiger partial charge on any atom is 0.305 e. The van der Waals surface area contributed by atoms with Crippen LogP contribution in [0.15, 0.2) is 11.6 Å². The van der Waals surface area contributed by atoms with Gasteiger partial charge in [-0.3, -0.25) is 4.79 Å². The third-order valence-electron chi connectivity index (χ3n) is 5.44. The van der Waals surface area contributed by atoms with E-state index in [1.165, 1.54) is 50.6 Å². The summed E-state index contributed by atoms with van der Waals surface area (Å²) >= 11 is 0. The zero-order chi connectivity index (χ0) is 21.9. The minimum atomic E-state index is -0.0118. The molecule has 0 N–H and O–H groups in total. The molecule has 0 fully saturated rings. The molecular formula is C25H50N2O2. The lowest BCUT2D eigenvalue weighted by molar-refractivity contribution is -0.144. The van der Waals surface area contributed by atoms with E-state index in [1.807, 2.05) is 0 Å². The summed E-state index contributed by atoms with van der Waals surface area (Å²) in [6, 6.07) is 0. The molecule has 0 heterocycles.